The van der Waals surface area contributed by atoms with Crippen molar-refractivity contribution in [3.8, 4) is 0 Å². The molecule has 5 nitrogen and oxygen atoms in total. The fourth-order valence-electron chi connectivity index (χ4n) is 1.72. The molecule has 0 heterocycles. The van der Waals surface area contributed by atoms with Gasteiger partial charge in [0.25, 0.3) is 0 Å². The molecule has 1 aromatic rings. The minimum absolute atomic E-state index is 0.537. The largest absolute Gasteiger partial charge is 0.467 e. The van der Waals surface area contributed by atoms with Crippen LogP contribution in [0.1, 0.15) is 37.9 Å². The maximum atomic E-state index is 11.9. The summed E-state index contributed by atoms with van der Waals surface area (Å²) < 4.78 is 9.91. The van der Waals surface area contributed by atoms with E-state index in [-0.39, 0.29) is 0 Å². The summed E-state index contributed by atoms with van der Waals surface area (Å²) in [5, 5.41) is 2.55. The highest BCUT2D eigenvalue weighted by Crippen LogP contribution is 2.19. The van der Waals surface area contributed by atoms with Crippen molar-refractivity contribution in [2.24, 2.45) is 0 Å². The lowest BCUT2D eigenvalue weighted by Gasteiger charge is -2.23. The molecule has 5 heteroatoms. The first-order valence-corrected chi connectivity index (χ1v) is 6.37. The van der Waals surface area contributed by atoms with Crippen LogP contribution in [0.2, 0.25) is 0 Å². The number of alkyl carbamates (subject to hydrolysis) is 1. The fourth-order valence-corrected chi connectivity index (χ4v) is 1.72. The van der Waals surface area contributed by atoms with Gasteiger partial charge in [0.1, 0.15) is 5.60 Å². The first-order chi connectivity index (χ1) is 9.24. The van der Waals surface area contributed by atoms with Gasteiger partial charge in [0.2, 0.25) is 0 Å². The van der Waals surface area contributed by atoms with E-state index in [0.29, 0.717) is 5.56 Å². The van der Waals surface area contributed by atoms with Gasteiger partial charge in [-0.05, 0) is 38.8 Å². The second kappa shape index (κ2) is 6.41. The van der Waals surface area contributed by atoms with Crippen molar-refractivity contribution < 1.29 is 19.1 Å². The molecule has 110 valence electrons. The van der Waals surface area contributed by atoms with E-state index in [1.165, 1.54) is 7.11 Å². The lowest BCUT2D eigenvalue weighted by Crippen LogP contribution is -2.38. The average Bonchev–Trinajstić information content (AvgIpc) is 2.34. The number of aryl methyl sites for hydroxylation is 1. The van der Waals surface area contributed by atoms with Gasteiger partial charge in [0.05, 0.1) is 7.11 Å². The van der Waals surface area contributed by atoms with Crippen LogP contribution in [0.15, 0.2) is 24.3 Å². The number of carbonyl (C=O) groups is 2. The van der Waals surface area contributed by atoms with Crippen LogP contribution < -0.4 is 5.32 Å². The molecule has 0 radical (unpaired) electrons. The minimum atomic E-state index is -0.879. The molecular formula is C15H21NO4. The molecule has 1 N–H and O–H groups in total. The number of amides is 1. The van der Waals surface area contributed by atoms with Crippen molar-refractivity contribution >= 4 is 12.1 Å². The van der Waals surface area contributed by atoms with E-state index < -0.39 is 23.7 Å². The molecule has 1 aromatic carbocycles. The molecule has 0 aliphatic rings. The van der Waals surface area contributed by atoms with Crippen LogP contribution in [0.3, 0.4) is 0 Å². The molecule has 0 fully saturated rings. The number of carbonyl (C=O) groups excluding carboxylic acids is 2. The van der Waals surface area contributed by atoms with E-state index in [1.54, 1.807) is 32.9 Å². The van der Waals surface area contributed by atoms with E-state index in [9.17, 15) is 9.59 Å². The quantitative estimate of drug-likeness (QED) is 0.864. The van der Waals surface area contributed by atoms with Crippen LogP contribution in [0.4, 0.5) is 4.79 Å². The summed E-state index contributed by atoms with van der Waals surface area (Å²) in [6.45, 7) is 7.14. The standard InChI is InChI=1S/C15H21NO4/c1-10-8-6-7-9-11(10)12(13(17)19-5)16-14(18)20-15(2,3)4/h6-9,12H,1-5H3,(H,16,18)/t12-/m1/s1. The van der Waals surface area contributed by atoms with Crippen molar-refractivity contribution in [3.63, 3.8) is 0 Å². The number of benzene rings is 1. The van der Waals surface area contributed by atoms with Crippen molar-refractivity contribution in [2.45, 2.75) is 39.3 Å². The first-order valence-electron chi connectivity index (χ1n) is 6.37. The Labute approximate surface area is 119 Å². The highest BCUT2D eigenvalue weighted by molar-refractivity contribution is 5.83. The Balaban J connectivity index is 2.95. The summed E-state index contributed by atoms with van der Waals surface area (Å²) in [4.78, 5) is 23.7. The van der Waals surface area contributed by atoms with Gasteiger partial charge in [0.15, 0.2) is 6.04 Å². The van der Waals surface area contributed by atoms with Gasteiger partial charge in [-0.1, -0.05) is 24.3 Å². The van der Waals surface area contributed by atoms with Gasteiger partial charge in [-0.2, -0.15) is 0 Å². The van der Waals surface area contributed by atoms with Gasteiger partial charge < -0.3 is 14.8 Å². The molecule has 0 unspecified atom stereocenters. The molecule has 0 saturated heterocycles. The van der Waals surface area contributed by atoms with Crippen molar-refractivity contribution in [3.05, 3.63) is 35.4 Å². The van der Waals surface area contributed by atoms with E-state index in [0.717, 1.165) is 5.56 Å². The molecule has 0 aliphatic heterocycles. The second-order valence-corrected chi connectivity index (χ2v) is 5.46. The smallest absolute Gasteiger partial charge is 0.408 e. The molecule has 0 aliphatic carbocycles. The number of esters is 1. The fraction of sp³-hybridized carbons (Fsp3) is 0.467. The lowest BCUT2D eigenvalue weighted by molar-refractivity contribution is -0.143. The maximum absolute atomic E-state index is 11.9. The highest BCUT2D eigenvalue weighted by atomic mass is 16.6. The van der Waals surface area contributed by atoms with Gasteiger partial charge in [0, 0.05) is 0 Å². The second-order valence-electron chi connectivity index (χ2n) is 5.46. The topological polar surface area (TPSA) is 64.6 Å². The number of rotatable bonds is 3. The molecule has 20 heavy (non-hydrogen) atoms. The van der Waals surface area contributed by atoms with Gasteiger partial charge in [-0.25, -0.2) is 9.59 Å². The molecule has 1 amide bonds. The van der Waals surface area contributed by atoms with Crippen LogP contribution in [0.5, 0.6) is 0 Å². The van der Waals surface area contributed by atoms with Gasteiger partial charge >= 0.3 is 12.1 Å². The third-order valence-corrected chi connectivity index (χ3v) is 2.60. The maximum Gasteiger partial charge on any atom is 0.408 e. The van der Waals surface area contributed by atoms with Crippen LogP contribution in [0.25, 0.3) is 0 Å². The van der Waals surface area contributed by atoms with Crippen LogP contribution >= 0.6 is 0 Å². The highest BCUT2D eigenvalue weighted by Gasteiger charge is 2.27. The molecule has 0 bridgehead atoms. The van der Waals surface area contributed by atoms with E-state index in [4.69, 9.17) is 9.47 Å². The van der Waals surface area contributed by atoms with Crippen LogP contribution in [-0.4, -0.2) is 24.8 Å². The normalized spacial score (nSPS) is 12.4. The summed E-state index contributed by atoms with van der Waals surface area (Å²) in [6, 6.07) is 6.42. The van der Waals surface area contributed by atoms with Crippen molar-refractivity contribution in [2.75, 3.05) is 7.11 Å². The summed E-state index contributed by atoms with van der Waals surface area (Å²) in [7, 11) is 1.28. The Morgan fingerprint density at radius 2 is 1.80 bits per heavy atom. The summed E-state index contributed by atoms with van der Waals surface area (Å²) >= 11 is 0. The minimum Gasteiger partial charge on any atom is -0.467 e. The van der Waals surface area contributed by atoms with Crippen molar-refractivity contribution in [1.29, 1.82) is 0 Å². The number of ether oxygens (including phenoxy) is 2. The molecule has 1 rings (SSSR count). The number of hydrogen-bond acceptors (Lipinski definition) is 4. The molecular weight excluding hydrogens is 258 g/mol. The Hall–Kier alpha value is -2.04. The first kappa shape index (κ1) is 16.0. The Kier molecular flexibility index (Phi) is 5.13. The zero-order valence-electron chi connectivity index (χ0n) is 12.5. The summed E-state index contributed by atoms with van der Waals surface area (Å²) in [5.41, 5.74) is 0.945. The van der Waals surface area contributed by atoms with Gasteiger partial charge in [-0.3, -0.25) is 0 Å². The van der Waals surface area contributed by atoms with E-state index in [2.05, 4.69) is 5.32 Å². The molecule has 0 aromatic heterocycles. The third-order valence-electron chi connectivity index (χ3n) is 2.60. The third kappa shape index (κ3) is 4.57. The zero-order valence-corrected chi connectivity index (χ0v) is 12.5. The predicted octanol–water partition coefficient (Wildman–Crippen LogP) is 2.73. The SMILES string of the molecule is COC(=O)[C@H](NC(=O)OC(C)(C)C)c1ccccc1C. The number of hydrogen-bond donors (Lipinski definition) is 1. The Morgan fingerprint density at radius 1 is 1.20 bits per heavy atom. The number of methoxy groups -OCH3 is 1. The Bertz CT molecular complexity index is 491. The van der Waals surface area contributed by atoms with E-state index >= 15 is 0 Å². The zero-order chi connectivity index (χ0) is 15.3. The summed E-state index contributed by atoms with van der Waals surface area (Å²) in [5.74, 6) is -0.537. The van der Waals surface area contributed by atoms with Crippen molar-refractivity contribution in [1.82, 2.24) is 5.32 Å². The molecule has 0 spiro atoms. The predicted molar refractivity (Wildman–Crippen MR) is 75.3 cm³/mol. The van der Waals surface area contributed by atoms with Gasteiger partial charge in [-0.15, -0.1) is 0 Å². The Morgan fingerprint density at radius 3 is 2.30 bits per heavy atom. The monoisotopic (exact) mass is 279 g/mol. The van der Waals surface area contributed by atoms with E-state index in [1.807, 2.05) is 19.1 Å². The summed E-state index contributed by atoms with van der Waals surface area (Å²) in [6.07, 6.45) is -0.656. The van der Waals surface area contributed by atoms with Crippen LogP contribution in [0, 0.1) is 6.92 Å². The molecule has 0 saturated carbocycles. The number of nitrogens with one attached hydrogen (secondary N) is 1. The molecule has 1 atom stereocenters. The lowest BCUT2D eigenvalue weighted by atomic mass is 10.0. The average molecular weight is 279 g/mol. The van der Waals surface area contributed by atoms with Crippen LogP contribution in [-0.2, 0) is 14.3 Å².